The summed E-state index contributed by atoms with van der Waals surface area (Å²) in [5, 5.41) is 24.5. The maximum Gasteiger partial charge on any atom is 0.432 e. The quantitative estimate of drug-likeness (QED) is 0.260. The Kier molecular flexibility index (Phi) is 11.0. The van der Waals surface area contributed by atoms with Crippen LogP contribution in [0.25, 0.3) is 11.1 Å². The minimum absolute atomic E-state index is 0.0199. The van der Waals surface area contributed by atoms with Crippen molar-refractivity contribution in [3.05, 3.63) is 80.3 Å². The molecule has 1 amide bonds. The predicted molar refractivity (Wildman–Crippen MR) is 176 cm³/mol. The van der Waals surface area contributed by atoms with E-state index < -0.39 is 42.1 Å². The second kappa shape index (κ2) is 13.8. The van der Waals surface area contributed by atoms with E-state index in [1.807, 2.05) is 41.5 Å². The van der Waals surface area contributed by atoms with Crippen LogP contribution in [0, 0.1) is 11.2 Å². The summed E-state index contributed by atoms with van der Waals surface area (Å²) in [6, 6.07) is 8.59. The number of rotatable bonds is 3. The molecule has 11 nitrogen and oxygen atoms in total. The zero-order valence-electron chi connectivity index (χ0n) is 24.9. The average Bonchev–Trinajstić information content (AvgIpc) is 3.57. The van der Waals surface area contributed by atoms with Crippen LogP contribution in [0.2, 0.25) is 5.02 Å². The minimum Gasteiger partial charge on any atom is -0.464 e. The van der Waals surface area contributed by atoms with Crippen molar-refractivity contribution in [2.24, 2.45) is 10.4 Å². The van der Waals surface area contributed by atoms with E-state index in [4.69, 9.17) is 16.7 Å². The van der Waals surface area contributed by atoms with Gasteiger partial charge in [0, 0.05) is 48.0 Å². The Morgan fingerprint density at radius 3 is 2.18 bits per heavy atom. The summed E-state index contributed by atoms with van der Waals surface area (Å²) in [5.74, 6) is -0.663. The highest BCUT2D eigenvalue weighted by atomic mass is 79.9. The topological polar surface area (TPSA) is 159 Å². The maximum atomic E-state index is 13.8. The van der Waals surface area contributed by atoms with Crippen LogP contribution in [-0.2, 0) is 24.1 Å². The van der Waals surface area contributed by atoms with Crippen LogP contribution in [0.4, 0.5) is 19.7 Å². The highest BCUT2D eigenvalue weighted by Gasteiger charge is 2.32. The Labute approximate surface area is 275 Å². The van der Waals surface area contributed by atoms with Crippen LogP contribution in [0.5, 0.6) is 0 Å². The fourth-order valence-corrected chi connectivity index (χ4v) is 7.02. The van der Waals surface area contributed by atoms with E-state index in [1.54, 1.807) is 18.2 Å². The number of benzene rings is 2. The van der Waals surface area contributed by atoms with Crippen molar-refractivity contribution >= 4 is 75.6 Å². The van der Waals surface area contributed by atoms with Gasteiger partial charge in [-0.3, -0.25) is 4.79 Å². The summed E-state index contributed by atoms with van der Waals surface area (Å²) in [6.07, 6.45) is -0.499. The standard InChI is InChI=1S/C15H15ClN2O3.C14H14BrFN2O4S2/c1-15(2,3)13-12(7-18(17-13)14(20)21)11-6-10(16)5-4-9(11)8-19;1-14(2,3)11-7-23(24(21)22)12(17-11)18(13(19)20)8-4-5-9(15)10(16)6-8/h4-8H,1-3H3,(H,20,21);4-7H,1-3H3,(H,19,20). The lowest BCUT2D eigenvalue weighted by Crippen LogP contribution is -2.37. The van der Waals surface area contributed by atoms with E-state index in [0.717, 1.165) is 17.0 Å². The smallest absolute Gasteiger partial charge is 0.432 e. The zero-order valence-corrected chi connectivity index (χ0v) is 28.8. The number of nitrogens with zero attached hydrogens (tertiary/aromatic N) is 4. The molecule has 2 aromatic carbocycles. The fourth-order valence-electron chi connectivity index (χ4n) is 3.93. The molecule has 1 unspecified atom stereocenters. The molecule has 240 valence electrons. The first-order chi connectivity index (χ1) is 20.8. The number of allylic oxidation sites excluding steroid dienone is 1. The van der Waals surface area contributed by atoms with E-state index in [9.17, 15) is 32.3 Å². The van der Waals surface area contributed by atoms with Crippen LogP contribution in [-0.4, -0.2) is 52.1 Å². The fraction of sp³-hybridized carbons (Fsp3) is 0.276. The van der Waals surface area contributed by atoms with Gasteiger partial charge >= 0.3 is 12.2 Å². The van der Waals surface area contributed by atoms with Gasteiger partial charge in [0.1, 0.15) is 5.82 Å². The van der Waals surface area contributed by atoms with E-state index in [1.165, 1.54) is 23.7 Å². The third kappa shape index (κ3) is 8.34. The van der Waals surface area contributed by atoms with Gasteiger partial charge in [-0.05, 0) is 57.9 Å². The van der Waals surface area contributed by atoms with Crippen molar-refractivity contribution in [3.63, 3.8) is 0 Å². The Hall–Kier alpha value is -3.66. The van der Waals surface area contributed by atoms with Gasteiger partial charge in [-0.15, -0.1) is 0 Å². The molecule has 3 aromatic rings. The lowest BCUT2D eigenvalue weighted by Gasteiger charge is -2.20. The largest absolute Gasteiger partial charge is 0.464 e. The lowest BCUT2D eigenvalue weighted by atomic mass is 9.86. The number of halogens is 3. The molecule has 2 N–H and O–H groups in total. The first-order valence-corrected chi connectivity index (χ1v) is 17.0. The van der Waals surface area contributed by atoms with Crippen LogP contribution in [0.3, 0.4) is 0 Å². The van der Waals surface area contributed by atoms with Crippen molar-refractivity contribution in [2.45, 2.75) is 47.0 Å². The summed E-state index contributed by atoms with van der Waals surface area (Å²) in [6.45, 7) is 11.3. The Balaban J connectivity index is 0.000000248. The van der Waals surface area contributed by atoms with E-state index in [2.05, 4.69) is 26.0 Å². The van der Waals surface area contributed by atoms with Crippen molar-refractivity contribution < 1.29 is 37.4 Å². The van der Waals surface area contributed by atoms with Gasteiger partial charge in [0.25, 0.3) is 9.26 Å². The summed E-state index contributed by atoms with van der Waals surface area (Å²) in [5.41, 5.74) is 1.82. The van der Waals surface area contributed by atoms with Crippen molar-refractivity contribution in [1.82, 2.24) is 9.78 Å². The van der Waals surface area contributed by atoms with Gasteiger partial charge in [-0.2, -0.15) is 18.2 Å². The van der Waals surface area contributed by atoms with Gasteiger partial charge in [0.05, 0.1) is 21.6 Å². The molecule has 1 aliphatic rings. The second-order valence-corrected chi connectivity index (χ2v) is 16.4. The number of hydrogen-bond donors (Lipinski definition) is 2. The van der Waals surface area contributed by atoms with Crippen molar-refractivity contribution in [1.29, 1.82) is 0 Å². The van der Waals surface area contributed by atoms with E-state index in [-0.39, 0.29) is 20.7 Å². The molecule has 45 heavy (non-hydrogen) atoms. The highest BCUT2D eigenvalue weighted by Crippen LogP contribution is 2.35. The minimum atomic E-state index is -2.58. The zero-order chi connectivity index (χ0) is 34.0. The highest BCUT2D eigenvalue weighted by molar-refractivity contribution is 9.10. The number of carbonyl (C=O) groups excluding carboxylic acids is 1. The number of anilines is 1. The van der Waals surface area contributed by atoms with Gasteiger partial charge in [0.2, 0.25) is 0 Å². The molecule has 1 aromatic heterocycles. The van der Waals surface area contributed by atoms with Gasteiger partial charge in [-0.1, -0.05) is 53.1 Å². The Morgan fingerprint density at radius 1 is 1.04 bits per heavy atom. The SMILES string of the molecule is CC(C)(C)C1=CS(=S(=O)=O)C(N(C(=O)O)c2ccc(Br)c(F)c2)=N1.CC(C)(C)c1nn(C(=O)O)cc1-c1cc(Cl)ccc1C=O. The molecular weight excluding hydrogens is 715 g/mol. The number of carbonyl (C=O) groups is 3. The summed E-state index contributed by atoms with van der Waals surface area (Å²) < 4.78 is 37.9. The molecule has 0 radical (unpaired) electrons. The van der Waals surface area contributed by atoms with Crippen molar-refractivity contribution in [3.8, 4) is 11.1 Å². The third-order valence-corrected chi connectivity index (χ3v) is 9.98. The number of aldehydes is 1. The van der Waals surface area contributed by atoms with Gasteiger partial charge in [0.15, 0.2) is 11.5 Å². The molecule has 1 aliphatic heterocycles. The maximum absolute atomic E-state index is 13.8. The Bertz CT molecular complexity index is 1900. The number of carboxylic acid groups (broad SMARTS) is 2. The molecule has 0 saturated heterocycles. The van der Waals surface area contributed by atoms with Crippen LogP contribution < -0.4 is 4.90 Å². The van der Waals surface area contributed by atoms with Crippen molar-refractivity contribution in [2.75, 3.05) is 4.90 Å². The first-order valence-electron chi connectivity index (χ1n) is 13.0. The molecular formula is C29H29BrClFN4O7S2. The normalized spacial score (nSPS) is 14.6. The molecule has 4 rings (SSSR count). The molecule has 1 atom stereocenters. The molecule has 0 saturated carbocycles. The summed E-state index contributed by atoms with van der Waals surface area (Å²) >= 11 is 8.99. The molecule has 0 bridgehead atoms. The first kappa shape index (κ1) is 35.8. The summed E-state index contributed by atoms with van der Waals surface area (Å²) in [4.78, 5) is 39.0. The number of amides is 1. The van der Waals surface area contributed by atoms with Crippen LogP contribution >= 0.6 is 27.5 Å². The Morgan fingerprint density at radius 2 is 1.69 bits per heavy atom. The average molecular weight is 744 g/mol. The van der Waals surface area contributed by atoms with Crippen LogP contribution in [0.15, 0.2) is 63.2 Å². The predicted octanol–water partition coefficient (Wildman–Crippen LogP) is 7.58. The number of hydrogen-bond acceptors (Lipinski definition) is 7. The molecule has 0 fully saturated rings. The monoisotopic (exact) mass is 742 g/mol. The summed E-state index contributed by atoms with van der Waals surface area (Å²) in [7, 11) is -4.13. The number of aromatic nitrogens is 2. The number of aliphatic imine (C=N–C) groups is 1. The second-order valence-electron chi connectivity index (χ2n) is 11.6. The third-order valence-electron chi connectivity index (χ3n) is 6.13. The molecule has 16 heteroatoms. The van der Waals surface area contributed by atoms with Gasteiger partial charge < -0.3 is 10.2 Å². The molecule has 2 heterocycles. The lowest BCUT2D eigenvalue weighted by molar-refractivity contribution is 0.112. The molecule has 0 aliphatic carbocycles. The van der Waals surface area contributed by atoms with E-state index >= 15 is 0 Å². The van der Waals surface area contributed by atoms with E-state index in [0.29, 0.717) is 38.0 Å². The molecule has 0 spiro atoms. The van der Waals surface area contributed by atoms with Gasteiger partial charge in [-0.25, -0.2) is 23.9 Å². The number of amidine groups is 1. The van der Waals surface area contributed by atoms with Crippen LogP contribution in [0.1, 0.15) is 57.6 Å².